The average molecular weight is 267 g/mol. The van der Waals surface area contributed by atoms with E-state index in [1.165, 1.54) is 0 Å². The van der Waals surface area contributed by atoms with E-state index in [1.54, 1.807) is 12.4 Å². The van der Waals surface area contributed by atoms with E-state index in [4.69, 9.17) is 5.73 Å². The molecular weight excluding hydrogens is 250 g/mol. The second kappa shape index (κ2) is 4.72. The lowest BCUT2D eigenvalue weighted by atomic mass is 9.96. The van der Waals surface area contributed by atoms with Crippen LogP contribution in [-0.2, 0) is 17.6 Å². The minimum atomic E-state index is -0.868. The van der Waals surface area contributed by atoms with Gasteiger partial charge in [-0.15, -0.1) is 0 Å². The molecule has 0 aliphatic heterocycles. The Morgan fingerprint density at radius 2 is 1.90 bits per heavy atom. The van der Waals surface area contributed by atoms with Crippen LogP contribution in [0.25, 0.3) is 0 Å². The third kappa shape index (κ3) is 2.30. The van der Waals surface area contributed by atoms with Crippen molar-refractivity contribution in [1.29, 1.82) is 0 Å². The highest BCUT2D eigenvalue weighted by atomic mass is 16.2. The predicted molar refractivity (Wildman–Crippen MR) is 78.4 cm³/mol. The zero-order valence-electron chi connectivity index (χ0n) is 11.4. The molecule has 3 N–H and O–H groups in total. The van der Waals surface area contributed by atoms with Crippen molar-refractivity contribution < 1.29 is 4.79 Å². The summed E-state index contributed by atoms with van der Waals surface area (Å²) in [6, 6.07) is 9.91. The first kappa shape index (κ1) is 12.8. The second-order valence-corrected chi connectivity index (χ2v) is 5.48. The van der Waals surface area contributed by atoms with Crippen molar-refractivity contribution in [2.45, 2.75) is 25.3 Å². The van der Waals surface area contributed by atoms with Gasteiger partial charge in [-0.25, -0.2) is 0 Å². The van der Waals surface area contributed by atoms with Crippen LogP contribution in [0, 0.1) is 6.92 Å². The van der Waals surface area contributed by atoms with Gasteiger partial charge >= 0.3 is 0 Å². The Balaban J connectivity index is 1.79. The topological polar surface area (TPSA) is 68.0 Å². The number of aromatic nitrogens is 1. The number of carbonyl (C=O) groups is 1. The van der Waals surface area contributed by atoms with Crippen LogP contribution in [0.2, 0.25) is 0 Å². The van der Waals surface area contributed by atoms with E-state index in [0.717, 1.165) is 16.7 Å². The van der Waals surface area contributed by atoms with E-state index in [1.807, 2.05) is 37.3 Å². The molecular formula is C16H17N3O. The summed E-state index contributed by atoms with van der Waals surface area (Å²) in [5, 5.41) is 2.87. The van der Waals surface area contributed by atoms with Gasteiger partial charge in [0.1, 0.15) is 5.54 Å². The fourth-order valence-corrected chi connectivity index (χ4v) is 2.68. The number of hydrogen-bond acceptors (Lipinski definition) is 3. The molecule has 1 aromatic heterocycles. The number of fused-ring (bicyclic) bond motifs is 1. The number of nitrogens with zero attached hydrogens (tertiary/aromatic N) is 1. The minimum absolute atomic E-state index is 0.152. The fourth-order valence-electron chi connectivity index (χ4n) is 2.68. The van der Waals surface area contributed by atoms with Crippen LogP contribution in [0.1, 0.15) is 16.7 Å². The number of nitrogens with one attached hydrogen (secondary N) is 1. The van der Waals surface area contributed by atoms with Crippen LogP contribution in [-0.4, -0.2) is 16.4 Å². The Kier molecular flexibility index (Phi) is 3.03. The molecule has 20 heavy (non-hydrogen) atoms. The van der Waals surface area contributed by atoms with E-state index >= 15 is 0 Å². The van der Waals surface area contributed by atoms with E-state index in [9.17, 15) is 4.79 Å². The van der Waals surface area contributed by atoms with Gasteiger partial charge in [0, 0.05) is 6.20 Å². The molecule has 1 aliphatic rings. The first-order chi connectivity index (χ1) is 9.57. The van der Waals surface area contributed by atoms with Crippen molar-refractivity contribution in [3.05, 3.63) is 59.4 Å². The van der Waals surface area contributed by atoms with Crippen molar-refractivity contribution in [3.8, 4) is 0 Å². The summed E-state index contributed by atoms with van der Waals surface area (Å²) < 4.78 is 0. The van der Waals surface area contributed by atoms with Crippen LogP contribution in [0.3, 0.4) is 0 Å². The van der Waals surface area contributed by atoms with Gasteiger partial charge in [-0.3, -0.25) is 9.78 Å². The van der Waals surface area contributed by atoms with Gasteiger partial charge in [-0.05, 0) is 42.5 Å². The molecule has 0 saturated heterocycles. The Hall–Kier alpha value is -2.20. The smallest absolute Gasteiger partial charge is 0.245 e. The van der Waals surface area contributed by atoms with Crippen LogP contribution in [0.5, 0.6) is 0 Å². The molecule has 102 valence electrons. The number of nitrogens with two attached hydrogens (primary N) is 1. The highest BCUT2D eigenvalue weighted by Gasteiger charge is 2.40. The second-order valence-electron chi connectivity index (χ2n) is 5.48. The van der Waals surface area contributed by atoms with Crippen LogP contribution >= 0.6 is 0 Å². The summed E-state index contributed by atoms with van der Waals surface area (Å²) in [7, 11) is 0. The summed E-state index contributed by atoms with van der Waals surface area (Å²) in [4.78, 5) is 16.5. The van der Waals surface area contributed by atoms with Gasteiger partial charge < -0.3 is 11.1 Å². The maximum atomic E-state index is 12.5. The van der Waals surface area contributed by atoms with Crippen molar-refractivity contribution in [1.82, 2.24) is 4.98 Å². The van der Waals surface area contributed by atoms with Gasteiger partial charge in [-0.2, -0.15) is 0 Å². The van der Waals surface area contributed by atoms with E-state index in [-0.39, 0.29) is 5.91 Å². The number of carbonyl (C=O) groups excluding carboxylic acids is 1. The number of amides is 1. The van der Waals surface area contributed by atoms with Crippen molar-refractivity contribution in [2.75, 3.05) is 5.32 Å². The number of rotatable bonds is 2. The first-order valence-electron chi connectivity index (χ1n) is 6.66. The molecule has 1 aromatic carbocycles. The number of benzene rings is 1. The quantitative estimate of drug-likeness (QED) is 0.872. The van der Waals surface area contributed by atoms with E-state index in [0.29, 0.717) is 18.5 Å². The Bertz CT molecular complexity index is 641. The monoisotopic (exact) mass is 267 g/mol. The molecule has 4 nitrogen and oxygen atoms in total. The molecule has 0 fully saturated rings. The summed E-state index contributed by atoms with van der Waals surface area (Å²) >= 11 is 0. The summed E-state index contributed by atoms with van der Waals surface area (Å²) in [6.45, 7) is 1.94. The third-order valence-electron chi connectivity index (χ3n) is 3.72. The Labute approximate surface area is 118 Å². The molecule has 2 aromatic rings. The molecule has 1 aliphatic carbocycles. The average Bonchev–Trinajstić information content (AvgIpc) is 2.76. The number of anilines is 1. The molecule has 3 rings (SSSR count). The minimum Gasteiger partial charge on any atom is -0.323 e. The zero-order chi connectivity index (χ0) is 14.2. The lowest BCUT2D eigenvalue weighted by Gasteiger charge is -2.22. The fraction of sp³-hybridized carbons (Fsp3) is 0.250. The predicted octanol–water partition coefficient (Wildman–Crippen LogP) is 1.82. The van der Waals surface area contributed by atoms with Crippen LogP contribution < -0.4 is 11.1 Å². The Morgan fingerprint density at radius 1 is 1.25 bits per heavy atom. The molecule has 0 radical (unpaired) electrons. The number of aryl methyl sites for hydroxylation is 1. The van der Waals surface area contributed by atoms with Gasteiger partial charge in [0.05, 0.1) is 11.9 Å². The van der Waals surface area contributed by atoms with Crippen molar-refractivity contribution in [3.63, 3.8) is 0 Å². The molecule has 0 spiro atoms. The largest absolute Gasteiger partial charge is 0.323 e. The molecule has 0 unspecified atom stereocenters. The van der Waals surface area contributed by atoms with Crippen molar-refractivity contribution >= 4 is 11.6 Å². The van der Waals surface area contributed by atoms with Crippen molar-refractivity contribution in [2.24, 2.45) is 5.73 Å². The highest BCUT2D eigenvalue weighted by molar-refractivity contribution is 5.99. The molecule has 0 atom stereocenters. The zero-order valence-corrected chi connectivity index (χ0v) is 11.4. The molecule has 4 heteroatoms. The van der Waals surface area contributed by atoms with Gasteiger partial charge in [0.25, 0.3) is 0 Å². The first-order valence-corrected chi connectivity index (χ1v) is 6.66. The van der Waals surface area contributed by atoms with Crippen LogP contribution in [0.15, 0.2) is 42.7 Å². The summed E-state index contributed by atoms with van der Waals surface area (Å²) in [6.07, 6.45) is 4.54. The maximum absolute atomic E-state index is 12.5. The lowest BCUT2D eigenvalue weighted by molar-refractivity contribution is -0.120. The summed E-state index contributed by atoms with van der Waals surface area (Å²) in [5.41, 5.74) is 9.45. The number of pyridine rings is 1. The maximum Gasteiger partial charge on any atom is 0.245 e. The van der Waals surface area contributed by atoms with Gasteiger partial charge in [-0.1, -0.05) is 24.3 Å². The number of hydrogen-bond donors (Lipinski definition) is 2. The lowest BCUT2D eigenvalue weighted by Crippen LogP contribution is -2.52. The molecule has 1 heterocycles. The van der Waals surface area contributed by atoms with Gasteiger partial charge in [0.2, 0.25) is 5.91 Å². The third-order valence-corrected chi connectivity index (χ3v) is 3.72. The molecule has 1 amide bonds. The van der Waals surface area contributed by atoms with E-state index in [2.05, 4.69) is 10.3 Å². The molecule has 0 saturated carbocycles. The SMILES string of the molecule is Cc1cncc(NC(=O)C2(N)Cc3ccccc3C2)c1. The van der Waals surface area contributed by atoms with Gasteiger partial charge in [0.15, 0.2) is 0 Å². The normalized spacial score (nSPS) is 15.7. The van der Waals surface area contributed by atoms with E-state index < -0.39 is 5.54 Å². The van der Waals surface area contributed by atoms with Crippen LogP contribution in [0.4, 0.5) is 5.69 Å². The summed E-state index contributed by atoms with van der Waals surface area (Å²) in [5.74, 6) is -0.152. The Morgan fingerprint density at radius 3 is 2.50 bits per heavy atom. The molecule has 0 bridgehead atoms. The highest BCUT2D eigenvalue weighted by Crippen LogP contribution is 2.29. The standard InChI is InChI=1S/C16H17N3O/c1-11-6-14(10-18-9-11)19-15(20)16(17)7-12-4-2-3-5-13(12)8-16/h2-6,9-10H,7-8,17H2,1H3,(H,19,20).